The molecule has 0 N–H and O–H groups in total. The molecule has 170 valence electrons. The van der Waals surface area contributed by atoms with Gasteiger partial charge in [0, 0.05) is 27.6 Å². The summed E-state index contributed by atoms with van der Waals surface area (Å²) < 4.78 is 2.47. The maximum Gasteiger partial charge on any atom is 0.0619 e. The molecule has 1 heterocycles. The van der Waals surface area contributed by atoms with E-state index in [4.69, 9.17) is 0 Å². The normalized spacial score (nSPS) is 11.5. The first kappa shape index (κ1) is 20.7. The minimum Gasteiger partial charge on any atom is -0.308 e. The molecule has 6 aromatic carbocycles. The maximum atomic E-state index is 2.47. The second-order valence-electron chi connectivity index (χ2n) is 9.47. The summed E-state index contributed by atoms with van der Waals surface area (Å²) in [7, 11) is 0. The van der Waals surface area contributed by atoms with Crippen molar-refractivity contribution < 1.29 is 0 Å². The molecule has 0 bridgehead atoms. The van der Waals surface area contributed by atoms with Gasteiger partial charge in [-0.25, -0.2) is 0 Å². The molecule has 1 heteroatoms. The van der Waals surface area contributed by atoms with Gasteiger partial charge in [-0.1, -0.05) is 127 Å². The third-order valence-electron chi connectivity index (χ3n) is 7.27. The standard InChI is InChI=1S/C35H25N/c1-24-20-22-26(23-21-24)29-15-8-18-32-33-19-9-17-31(30-16-7-11-25-10-5-6-14-28(25)30)35(33)36(34(29)32)27-12-3-2-4-13-27/h2-23H,1H3. The number of aromatic nitrogens is 1. The number of hydrogen-bond acceptors (Lipinski definition) is 0. The van der Waals surface area contributed by atoms with Crippen LogP contribution in [0.2, 0.25) is 0 Å². The van der Waals surface area contributed by atoms with Crippen LogP contribution in [-0.2, 0) is 0 Å². The van der Waals surface area contributed by atoms with Gasteiger partial charge in [0.25, 0.3) is 0 Å². The summed E-state index contributed by atoms with van der Waals surface area (Å²) in [4.78, 5) is 0. The minimum absolute atomic E-state index is 1.17. The topological polar surface area (TPSA) is 4.93 Å². The third-order valence-corrected chi connectivity index (χ3v) is 7.27. The first-order chi connectivity index (χ1) is 17.8. The summed E-state index contributed by atoms with van der Waals surface area (Å²) in [5.41, 5.74) is 9.92. The van der Waals surface area contributed by atoms with Gasteiger partial charge in [0.1, 0.15) is 0 Å². The highest BCUT2D eigenvalue weighted by molar-refractivity contribution is 6.18. The Balaban J connectivity index is 1.67. The predicted molar refractivity (Wildman–Crippen MR) is 154 cm³/mol. The van der Waals surface area contributed by atoms with Crippen LogP contribution >= 0.6 is 0 Å². The summed E-state index contributed by atoms with van der Waals surface area (Å²) in [5, 5.41) is 5.08. The maximum absolute atomic E-state index is 2.47. The van der Waals surface area contributed by atoms with E-state index in [-0.39, 0.29) is 0 Å². The highest BCUT2D eigenvalue weighted by atomic mass is 15.0. The molecule has 0 aliphatic carbocycles. The first-order valence-electron chi connectivity index (χ1n) is 12.5. The fourth-order valence-electron chi connectivity index (χ4n) is 5.59. The Kier molecular flexibility index (Phi) is 4.75. The van der Waals surface area contributed by atoms with Gasteiger partial charge in [0.2, 0.25) is 0 Å². The monoisotopic (exact) mass is 459 g/mol. The number of aryl methyl sites for hydroxylation is 1. The highest BCUT2D eigenvalue weighted by Gasteiger charge is 2.20. The van der Waals surface area contributed by atoms with Gasteiger partial charge in [-0.05, 0) is 41.0 Å². The van der Waals surface area contributed by atoms with Crippen LogP contribution in [0.5, 0.6) is 0 Å². The van der Waals surface area contributed by atoms with Crippen LogP contribution in [0.3, 0.4) is 0 Å². The molecule has 36 heavy (non-hydrogen) atoms. The van der Waals surface area contributed by atoms with Crippen LogP contribution in [0.15, 0.2) is 133 Å². The number of hydrogen-bond donors (Lipinski definition) is 0. The third kappa shape index (κ3) is 3.17. The molecule has 0 fully saturated rings. The zero-order valence-corrected chi connectivity index (χ0v) is 20.1. The molecule has 0 saturated heterocycles. The number of benzene rings is 6. The van der Waals surface area contributed by atoms with E-state index in [2.05, 4.69) is 145 Å². The van der Waals surface area contributed by atoms with Gasteiger partial charge < -0.3 is 4.57 Å². The molecular formula is C35H25N. The number of fused-ring (bicyclic) bond motifs is 4. The number of rotatable bonds is 3. The van der Waals surface area contributed by atoms with Gasteiger partial charge in [0.05, 0.1) is 11.0 Å². The van der Waals surface area contributed by atoms with Crippen LogP contribution < -0.4 is 0 Å². The summed E-state index contributed by atoms with van der Waals surface area (Å²) in [5.74, 6) is 0. The Labute approximate surface area is 210 Å². The zero-order valence-electron chi connectivity index (χ0n) is 20.1. The highest BCUT2D eigenvalue weighted by Crippen LogP contribution is 2.43. The number of nitrogens with zero attached hydrogens (tertiary/aromatic N) is 1. The summed E-state index contributed by atoms with van der Waals surface area (Å²) in [6, 6.07) is 48.4. The van der Waals surface area contributed by atoms with E-state index in [0.717, 1.165) is 0 Å². The Bertz CT molecular complexity index is 1870. The second-order valence-corrected chi connectivity index (χ2v) is 9.47. The molecule has 1 aromatic heterocycles. The van der Waals surface area contributed by atoms with Gasteiger partial charge in [-0.3, -0.25) is 0 Å². The lowest BCUT2D eigenvalue weighted by molar-refractivity contribution is 1.18. The van der Waals surface area contributed by atoms with Crippen LogP contribution in [0, 0.1) is 6.92 Å². The Morgan fingerprint density at radius 1 is 0.417 bits per heavy atom. The predicted octanol–water partition coefficient (Wildman–Crippen LogP) is 9.58. The van der Waals surface area contributed by atoms with E-state index < -0.39 is 0 Å². The average Bonchev–Trinajstić information content (AvgIpc) is 3.29. The van der Waals surface area contributed by atoms with Crippen LogP contribution in [0.1, 0.15) is 5.56 Å². The first-order valence-corrected chi connectivity index (χ1v) is 12.5. The van der Waals surface area contributed by atoms with Gasteiger partial charge >= 0.3 is 0 Å². The van der Waals surface area contributed by atoms with Crippen molar-refractivity contribution in [2.24, 2.45) is 0 Å². The molecule has 0 atom stereocenters. The van der Waals surface area contributed by atoms with Crippen molar-refractivity contribution in [2.75, 3.05) is 0 Å². The Morgan fingerprint density at radius 2 is 0.972 bits per heavy atom. The summed E-state index contributed by atoms with van der Waals surface area (Å²) in [6.07, 6.45) is 0. The molecular weight excluding hydrogens is 434 g/mol. The van der Waals surface area contributed by atoms with Crippen molar-refractivity contribution in [2.45, 2.75) is 6.92 Å². The SMILES string of the molecule is Cc1ccc(-c2cccc3c4cccc(-c5cccc6ccccc56)c4n(-c4ccccc4)c23)cc1. The Hall–Kier alpha value is -4.62. The smallest absolute Gasteiger partial charge is 0.0619 e. The largest absolute Gasteiger partial charge is 0.308 e. The van der Waals surface area contributed by atoms with Gasteiger partial charge in [-0.2, -0.15) is 0 Å². The van der Waals surface area contributed by atoms with Crippen molar-refractivity contribution in [1.82, 2.24) is 4.57 Å². The fraction of sp³-hybridized carbons (Fsp3) is 0.0286. The quantitative estimate of drug-likeness (QED) is 0.248. The van der Waals surface area contributed by atoms with Crippen LogP contribution in [0.4, 0.5) is 0 Å². The van der Waals surface area contributed by atoms with E-state index >= 15 is 0 Å². The lowest BCUT2D eigenvalue weighted by Gasteiger charge is -2.15. The lowest BCUT2D eigenvalue weighted by atomic mass is 9.96. The van der Waals surface area contributed by atoms with E-state index in [1.54, 1.807) is 0 Å². The van der Waals surface area contributed by atoms with Gasteiger partial charge in [0.15, 0.2) is 0 Å². The van der Waals surface area contributed by atoms with Crippen molar-refractivity contribution in [3.8, 4) is 27.9 Å². The zero-order chi connectivity index (χ0) is 24.1. The van der Waals surface area contributed by atoms with Crippen molar-refractivity contribution in [3.05, 3.63) is 139 Å². The summed E-state index contributed by atoms with van der Waals surface area (Å²) >= 11 is 0. The molecule has 7 aromatic rings. The molecule has 0 aliphatic rings. The van der Waals surface area contributed by atoms with E-state index in [1.807, 2.05) is 0 Å². The fourth-order valence-corrected chi connectivity index (χ4v) is 5.59. The van der Waals surface area contributed by atoms with Crippen molar-refractivity contribution >= 4 is 32.6 Å². The average molecular weight is 460 g/mol. The van der Waals surface area contributed by atoms with Crippen LogP contribution in [-0.4, -0.2) is 4.57 Å². The number of para-hydroxylation sites is 3. The Morgan fingerprint density at radius 3 is 1.75 bits per heavy atom. The summed E-state index contributed by atoms with van der Waals surface area (Å²) in [6.45, 7) is 2.14. The molecule has 0 unspecified atom stereocenters. The molecule has 0 radical (unpaired) electrons. The molecule has 7 rings (SSSR count). The van der Waals surface area contributed by atoms with E-state index in [9.17, 15) is 0 Å². The van der Waals surface area contributed by atoms with E-state index in [1.165, 1.54) is 66.1 Å². The van der Waals surface area contributed by atoms with Crippen molar-refractivity contribution in [1.29, 1.82) is 0 Å². The van der Waals surface area contributed by atoms with E-state index in [0.29, 0.717) is 0 Å². The molecule has 0 amide bonds. The molecule has 0 saturated carbocycles. The van der Waals surface area contributed by atoms with Crippen molar-refractivity contribution in [3.63, 3.8) is 0 Å². The molecule has 1 nitrogen and oxygen atoms in total. The second kappa shape index (κ2) is 8.25. The van der Waals surface area contributed by atoms with Crippen LogP contribution in [0.25, 0.3) is 60.5 Å². The minimum atomic E-state index is 1.17. The van der Waals surface area contributed by atoms with Gasteiger partial charge in [-0.15, -0.1) is 0 Å². The lowest BCUT2D eigenvalue weighted by Crippen LogP contribution is -1.97. The molecule has 0 aliphatic heterocycles. The molecule has 0 spiro atoms.